The average molecular weight is 299 g/mol. The van der Waals surface area contributed by atoms with Gasteiger partial charge in [-0.25, -0.2) is 0 Å². The fourth-order valence-electron chi connectivity index (χ4n) is 2.67. The number of rotatable bonds is 3. The summed E-state index contributed by atoms with van der Waals surface area (Å²) in [6, 6.07) is 11.5. The Balaban J connectivity index is 1.80. The van der Waals surface area contributed by atoms with E-state index in [4.69, 9.17) is 0 Å². The molecular formula is C17H17NO2S. The first-order valence-electron chi connectivity index (χ1n) is 7.12. The largest absolute Gasteiger partial charge is 0.331 e. The number of ketones is 1. The average Bonchev–Trinajstić information content (AvgIpc) is 2.86. The lowest BCUT2D eigenvalue weighted by Crippen LogP contribution is -2.35. The molecule has 1 aromatic heterocycles. The molecule has 0 N–H and O–H groups in total. The van der Waals surface area contributed by atoms with Crippen molar-refractivity contribution < 1.29 is 9.59 Å². The van der Waals surface area contributed by atoms with Gasteiger partial charge in [0.2, 0.25) is 0 Å². The molecule has 0 atom stereocenters. The van der Waals surface area contributed by atoms with E-state index in [-0.39, 0.29) is 18.2 Å². The Hall–Kier alpha value is -1.94. The molecule has 3 nitrogen and oxygen atoms in total. The summed E-state index contributed by atoms with van der Waals surface area (Å²) in [6.07, 6.45) is 1.80. The smallest absolute Gasteiger partial charge is 0.254 e. The molecule has 108 valence electrons. The van der Waals surface area contributed by atoms with Crippen LogP contribution in [0.2, 0.25) is 0 Å². The van der Waals surface area contributed by atoms with Crippen molar-refractivity contribution in [2.75, 3.05) is 13.1 Å². The summed E-state index contributed by atoms with van der Waals surface area (Å²) in [5, 5.41) is 0. The zero-order valence-corrected chi connectivity index (χ0v) is 12.8. The minimum absolute atomic E-state index is 0.0234. The lowest BCUT2D eigenvalue weighted by atomic mass is 10.0. The highest BCUT2D eigenvalue weighted by Gasteiger charge is 2.24. The second kappa shape index (κ2) is 5.82. The van der Waals surface area contributed by atoms with Gasteiger partial charge in [0.15, 0.2) is 5.78 Å². The van der Waals surface area contributed by atoms with Crippen molar-refractivity contribution in [3.05, 3.63) is 57.3 Å². The van der Waals surface area contributed by atoms with Gasteiger partial charge in [0.05, 0.1) is 11.4 Å². The molecule has 0 unspecified atom stereocenters. The Bertz CT molecular complexity index is 690. The molecule has 2 aromatic rings. The summed E-state index contributed by atoms with van der Waals surface area (Å²) in [7, 11) is 0. The minimum Gasteiger partial charge on any atom is -0.331 e. The maximum Gasteiger partial charge on any atom is 0.254 e. The third-order valence-electron chi connectivity index (χ3n) is 3.76. The molecular weight excluding hydrogens is 282 g/mol. The first-order chi connectivity index (χ1) is 10.1. The number of benzene rings is 1. The highest BCUT2D eigenvalue weighted by atomic mass is 32.1. The van der Waals surface area contributed by atoms with Crippen LogP contribution in [0.1, 0.15) is 36.9 Å². The molecule has 1 aliphatic rings. The normalized spacial score (nSPS) is 14.7. The van der Waals surface area contributed by atoms with Crippen LogP contribution in [-0.2, 0) is 6.42 Å². The number of carbonyl (C=O) groups excluding carboxylic acids is 2. The number of hydrogen-bond acceptors (Lipinski definition) is 3. The van der Waals surface area contributed by atoms with E-state index in [9.17, 15) is 9.59 Å². The SMILES string of the molecule is Cc1ccc(C(=O)CN2CCCc3ccccc3C2=O)s1. The Morgan fingerprint density at radius 2 is 2.05 bits per heavy atom. The van der Waals surface area contributed by atoms with Crippen LogP contribution in [-0.4, -0.2) is 29.7 Å². The molecule has 1 aliphatic heterocycles. The number of fused-ring (bicyclic) bond motifs is 1. The highest BCUT2D eigenvalue weighted by Crippen LogP contribution is 2.20. The fraction of sp³-hybridized carbons (Fsp3) is 0.294. The van der Waals surface area contributed by atoms with Gasteiger partial charge in [-0.05, 0) is 43.5 Å². The third kappa shape index (κ3) is 2.90. The number of aryl methyl sites for hydroxylation is 2. The number of Topliss-reactive ketones (excluding diaryl/α,β-unsaturated/α-hetero) is 1. The van der Waals surface area contributed by atoms with Crippen LogP contribution in [0.5, 0.6) is 0 Å². The van der Waals surface area contributed by atoms with E-state index in [1.54, 1.807) is 4.90 Å². The zero-order chi connectivity index (χ0) is 14.8. The van der Waals surface area contributed by atoms with Gasteiger partial charge < -0.3 is 4.90 Å². The monoisotopic (exact) mass is 299 g/mol. The van der Waals surface area contributed by atoms with Crippen molar-refractivity contribution in [2.45, 2.75) is 19.8 Å². The molecule has 0 saturated heterocycles. The molecule has 2 heterocycles. The predicted octanol–water partition coefficient (Wildman–Crippen LogP) is 3.33. The van der Waals surface area contributed by atoms with Crippen molar-refractivity contribution >= 4 is 23.0 Å². The van der Waals surface area contributed by atoms with Gasteiger partial charge in [-0.1, -0.05) is 18.2 Å². The molecule has 0 radical (unpaired) electrons. The molecule has 1 amide bonds. The molecule has 0 saturated carbocycles. The van der Waals surface area contributed by atoms with E-state index in [0.29, 0.717) is 6.54 Å². The first-order valence-corrected chi connectivity index (χ1v) is 7.93. The second-order valence-electron chi connectivity index (χ2n) is 5.32. The van der Waals surface area contributed by atoms with E-state index in [1.165, 1.54) is 11.3 Å². The summed E-state index contributed by atoms with van der Waals surface area (Å²) in [4.78, 5) is 28.4. The summed E-state index contributed by atoms with van der Waals surface area (Å²) >= 11 is 1.49. The van der Waals surface area contributed by atoms with Crippen LogP contribution in [0, 0.1) is 6.92 Å². The van der Waals surface area contributed by atoms with Crippen LogP contribution in [0.3, 0.4) is 0 Å². The van der Waals surface area contributed by atoms with E-state index >= 15 is 0 Å². The van der Waals surface area contributed by atoms with Gasteiger partial charge in [0.25, 0.3) is 5.91 Å². The molecule has 0 fully saturated rings. The number of thiophene rings is 1. The minimum atomic E-state index is -0.0234. The van der Waals surface area contributed by atoms with Crippen LogP contribution in [0.15, 0.2) is 36.4 Å². The number of amides is 1. The molecule has 0 aliphatic carbocycles. The Kier molecular flexibility index (Phi) is 3.88. The maximum atomic E-state index is 12.6. The Labute approximate surface area is 128 Å². The van der Waals surface area contributed by atoms with E-state index < -0.39 is 0 Å². The predicted molar refractivity (Wildman–Crippen MR) is 84.1 cm³/mol. The van der Waals surface area contributed by atoms with Gasteiger partial charge in [-0.2, -0.15) is 0 Å². The molecule has 1 aromatic carbocycles. The molecule has 0 spiro atoms. The van der Waals surface area contributed by atoms with Gasteiger partial charge in [-0.15, -0.1) is 11.3 Å². The second-order valence-corrected chi connectivity index (χ2v) is 6.61. The lowest BCUT2D eigenvalue weighted by Gasteiger charge is -2.19. The number of hydrogen-bond donors (Lipinski definition) is 0. The third-order valence-corrected chi connectivity index (χ3v) is 4.80. The Morgan fingerprint density at radius 3 is 2.81 bits per heavy atom. The maximum absolute atomic E-state index is 12.6. The van der Waals surface area contributed by atoms with Crippen molar-refractivity contribution in [1.29, 1.82) is 0 Å². The van der Waals surface area contributed by atoms with Crippen LogP contribution < -0.4 is 0 Å². The quantitative estimate of drug-likeness (QED) is 0.815. The van der Waals surface area contributed by atoms with Crippen molar-refractivity contribution in [1.82, 2.24) is 4.90 Å². The standard InChI is InChI=1S/C17H17NO2S/c1-12-8-9-16(21-12)15(19)11-18-10-4-6-13-5-2-3-7-14(13)17(18)20/h2-3,5,7-9H,4,6,10-11H2,1H3. The lowest BCUT2D eigenvalue weighted by molar-refractivity contribution is 0.0715. The van der Waals surface area contributed by atoms with Gasteiger partial charge in [0, 0.05) is 17.0 Å². The van der Waals surface area contributed by atoms with Crippen LogP contribution in [0.4, 0.5) is 0 Å². The zero-order valence-electron chi connectivity index (χ0n) is 12.0. The molecule has 4 heteroatoms. The fourth-order valence-corrected chi connectivity index (χ4v) is 3.46. The van der Waals surface area contributed by atoms with Crippen LogP contribution >= 0.6 is 11.3 Å². The van der Waals surface area contributed by atoms with Gasteiger partial charge in [0.1, 0.15) is 0 Å². The molecule has 3 rings (SSSR count). The summed E-state index contributed by atoms with van der Waals surface area (Å²) < 4.78 is 0. The summed E-state index contributed by atoms with van der Waals surface area (Å²) in [6.45, 7) is 2.80. The molecule has 0 bridgehead atoms. The van der Waals surface area contributed by atoms with Crippen molar-refractivity contribution in [3.8, 4) is 0 Å². The topological polar surface area (TPSA) is 37.4 Å². The first kappa shape index (κ1) is 14.0. The summed E-state index contributed by atoms with van der Waals surface area (Å²) in [5.41, 5.74) is 1.83. The van der Waals surface area contributed by atoms with Gasteiger partial charge >= 0.3 is 0 Å². The summed E-state index contributed by atoms with van der Waals surface area (Å²) in [5.74, 6) is 0.00515. The number of nitrogens with zero attached hydrogens (tertiary/aromatic N) is 1. The number of carbonyl (C=O) groups is 2. The van der Waals surface area contributed by atoms with Crippen molar-refractivity contribution in [3.63, 3.8) is 0 Å². The van der Waals surface area contributed by atoms with Crippen molar-refractivity contribution in [2.24, 2.45) is 0 Å². The van der Waals surface area contributed by atoms with Crippen LogP contribution in [0.25, 0.3) is 0 Å². The van der Waals surface area contributed by atoms with E-state index in [2.05, 4.69) is 0 Å². The highest BCUT2D eigenvalue weighted by molar-refractivity contribution is 7.14. The van der Waals surface area contributed by atoms with E-state index in [1.807, 2.05) is 43.3 Å². The Morgan fingerprint density at radius 1 is 1.24 bits per heavy atom. The molecule has 21 heavy (non-hydrogen) atoms. The van der Waals surface area contributed by atoms with Gasteiger partial charge in [-0.3, -0.25) is 9.59 Å². The van der Waals surface area contributed by atoms with E-state index in [0.717, 1.165) is 33.7 Å².